The highest BCUT2D eigenvalue weighted by molar-refractivity contribution is 5.54. The molecule has 2 aromatic rings. The summed E-state index contributed by atoms with van der Waals surface area (Å²) in [5.41, 5.74) is 3.83. The van der Waals surface area contributed by atoms with Gasteiger partial charge in [-0.1, -0.05) is 30.3 Å². The normalized spacial score (nSPS) is 17.4. The summed E-state index contributed by atoms with van der Waals surface area (Å²) >= 11 is 0. The van der Waals surface area contributed by atoms with Gasteiger partial charge in [-0.25, -0.2) is 4.39 Å². The first-order valence-corrected chi connectivity index (χ1v) is 7.48. The van der Waals surface area contributed by atoms with Crippen LogP contribution in [0.3, 0.4) is 0 Å². The van der Waals surface area contributed by atoms with Crippen LogP contribution in [0.25, 0.3) is 0 Å². The van der Waals surface area contributed by atoms with Crippen molar-refractivity contribution in [1.82, 2.24) is 4.90 Å². The van der Waals surface area contributed by atoms with Crippen molar-refractivity contribution < 1.29 is 4.39 Å². The van der Waals surface area contributed by atoms with Gasteiger partial charge in [0.2, 0.25) is 0 Å². The quantitative estimate of drug-likeness (QED) is 0.917. The predicted molar refractivity (Wildman–Crippen MR) is 85.0 cm³/mol. The maximum absolute atomic E-state index is 12.9. The van der Waals surface area contributed by atoms with Crippen LogP contribution in [0.5, 0.6) is 0 Å². The Balaban J connectivity index is 1.65. The molecule has 110 valence electrons. The first-order chi connectivity index (χ1) is 10.2. The molecule has 2 aromatic carbocycles. The molecule has 1 aliphatic rings. The van der Waals surface area contributed by atoms with Crippen molar-refractivity contribution in [2.45, 2.75) is 18.9 Å². The number of rotatable bonds is 4. The van der Waals surface area contributed by atoms with Crippen molar-refractivity contribution in [1.29, 1.82) is 0 Å². The predicted octanol–water partition coefficient (Wildman–Crippen LogP) is 3.86. The third-order valence-corrected chi connectivity index (χ3v) is 4.11. The first kappa shape index (κ1) is 14.1. The molecule has 21 heavy (non-hydrogen) atoms. The molecule has 1 heterocycles. The molecular formula is C18H21FN2. The van der Waals surface area contributed by atoms with Gasteiger partial charge < -0.3 is 10.2 Å². The number of hydrogen-bond acceptors (Lipinski definition) is 2. The monoisotopic (exact) mass is 284 g/mol. The molecule has 0 saturated heterocycles. The van der Waals surface area contributed by atoms with Crippen molar-refractivity contribution in [2.24, 2.45) is 0 Å². The van der Waals surface area contributed by atoms with Crippen LogP contribution < -0.4 is 5.32 Å². The Kier molecular flexibility index (Phi) is 4.20. The highest BCUT2D eigenvalue weighted by Gasteiger charge is 2.20. The molecule has 0 spiro atoms. The molecule has 3 rings (SSSR count). The van der Waals surface area contributed by atoms with Crippen LogP contribution in [0.15, 0.2) is 48.5 Å². The second-order valence-corrected chi connectivity index (χ2v) is 5.82. The van der Waals surface area contributed by atoms with Gasteiger partial charge in [0.15, 0.2) is 0 Å². The molecule has 0 radical (unpaired) electrons. The zero-order valence-electron chi connectivity index (χ0n) is 12.3. The third kappa shape index (κ3) is 3.42. The number of halogens is 1. The summed E-state index contributed by atoms with van der Waals surface area (Å²) in [4.78, 5) is 2.32. The van der Waals surface area contributed by atoms with Crippen LogP contribution in [-0.2, 0) is 6.54 Å². The van der Waals surface area contributed by atoms with Crippen LogP contribution in [0.1, 0.15) is 23.5 Å². The lowest BCUT2D eigenvalue weighted by Gasteiger charge is -2.30. The molecule has 1 aliphatic heterocycles. The van der Waals surface area contributed by atoms with E-state index in [9.17, 15) is 4.39 Å². The number of para-hydroxylation sites is 1. The number of likely N-dealkylation sites (N-methyl/N-ethyl adjacent to an activating group) is 1. The lowest BCUT2D eigenvalue weighted by Crippen LogP contribution is -2.28. The van der Waals surface area contributed by atoms with E-state index in [2.05, 4.69) is 41.5 Å². The van der Waals surface area contributed by atoms with Gasteiger partial charge in [0, 0.05) is 31.2 Å². The van der Waals surface area contributed by atoms with Gasteiger partial charge >= 0.3 is 0 Å². The van der Waals surface area contributed by atoms with Gasteiger partial charge in [-0.15, -0.1) is 0 Å². The number of nitrogens with zero attached hydrogens (tertiary/aromatic N) is 1. The highest BCUT2D eigenvalue weighted by Crippen LogP contribution is 2.31. The van der Waals surface area contributed by atoms with E-state index in [1.54, 1.807) is 0 Å². The molecule has 0 fully saturated rings. The van der Waals surface area contributed by atoms with E-state index < -0.39 is 0 Å². The van der Waals surface area contributed by atoms with Gasteiger partial charge in [-0.2, -0.15) is 0 Å². The molecular weight excluding hydrogens is 263 g/mol. The lowest BCUT2D eigenvalue weighted by atomic mass is 9.90. The van der Waals surface area contributed by atoms with Crippen LogP contribution in [0.2, 0.25) is 0 Å². The van der Waals surface area contributed by atoms with E-state index >= 15 is 0 Å². The van der Waals surface area contributed by atoms with Gasteiger partial charge in [-0.3, -0.25) is 0 Å². The molecule has 0 saturated carbocycles. The fourth-order valence-electron chi connectivity index (χ4n) is 3.08. The maximum Gasteiger partial charge on any atom is 0.123 e. The summed E-state index contributed by atoms with van der Waals surface area (Å²) in [6.07, 6.45) is 1.16. The molecule has 0 amide bonds. The molecule has 1 unspecified atom stereocenters. The van der Waals surface area contributed by atoms with Crippen molar-refractivity contribution in [3.8, 4) is 0 Å². The minimum Gasteiger partial charge on any atom is -0.385 e. The Bertz CT molecular complexity index is 594. The van der Waals surface area contributed by atoms with Crippen LogP contribution in [-0.4, -0.2) is 25.0 Å². The Morgan fingerprint density at radius 3 is 2.71 bits per heavy atom. The molecule has 3 heteroatoms. The van der Waals surface area contributed by atoms with Gasteiger partial charge in [-0.05, 0) is 42.8 Å². The highest BCUT2D eigenvalue weighted by atomic mass is 19.1. The van der Waals surface area contributed by atoms with Gasteiger partial charge in [0.05, 0.1) is 0 Å². The summed E-state index contributed by atoms with van der Waals surface area (Å²) in [6, 6.07) is 15.4. The van der Waals surface area contributed by atoms with Crippen LogP contribution in [0.4, 0.5) is 10.1 Å². The Hall–Kier alpha value is -1.87. The molecule has 1 N–H and O–H groups in total. The zero-order valence-corrected chi connectivity index (χ0v) is 12.3. The summed E-state index contributed by atoms with van der Waals surface area (Å²) in [7, 11) is 2.13. The van der Waals surface area contributed by atoms with Crippen LogP contribution in [0, 0.1) is 5.82 Å². The topological polar surface area (TPSA) is 15.3 Å². The summed E-state index contributed by atoms with van der Waals surface area (Å²) in [6.45, 7) is 2.91. The number of hydrogen-bond donors (Lipinski definition) is 1. The zero-order chi connectivity index (χ0) is 14.7. The molecule has 0 aliphatic carbocycles. The van der Waals surface area contributed by atoms with Gasteiger partial charge in [0.1, 0.15) is 5.82 Å². The molecule has 1 atom stereocenters. The Morgan fingerprint density at radius 1 is 1.14 bits per heavy atom. The Labute approximate surface area is 125 Å². The summed E-state index contributed by atoms with van der Waals surface area (Å²) in [5.74, 6) is 0.390. The number of nitrogens with one attached hydrogen (secondary N) is 1. The van der Waals surface area contributed by atoms with Gasteiger partial charge in [0.25, 0.3) is 0 Å². The lowest BCUT2D eigenvalue weighted by molar-refractivity contribution is 0.297. The fourth-order valence-corrected chi connectivity index (χ4v) is 3.08. The number of benzene rings is 2. The second-order valence-electron chi connectivity index (χ2n) is 5.82. The van der Waals surface area contributed by atoms with Crippen LogP contribution >= 0.6 is 0 Å². The van der Waals surface area contributed by atoms with E-state index in [4.69, 9.17) is 0 Å². The van der Waals surface area contributed by atoms with E-state index in [0.29, 0.717) is 5.92 Å². The first-order valence-electron chi connectivity index (χ1n) is 7.48. The van der Waals surface area contributed by atoms with E-state index in [-0.39, 0.29) is 5.82 Å². The minimum atomic E-state index is -0.173. The number of fused-ring (bicyclic) bond motifs is 1. The molecule has 2 nitrogen and oxygen atoms in total. The van der Waals surface area contributed by atoms with E-state index in [0.717, 1.165) is 31.6 Å². The second kappa shape index (κ2) is 6.27. The van der Waals surface area contributed by atoms with E-state index in [1.807, 2.05) is 12.1 Å². The molecule has 0 aromatic heterocycles. The maximum atomic E-state index is 12.9. The van der Waals surface area contributed by atoms with Crippen molar-refractivity contribution in [3.05, 3.63) is 65.5 Å². The van der Waals surface area contributed by atoms with Crippen molar-refractivity contribution in [2.75, 3.05) is 25.5 Å². The fraction of sp³-hybridized carbons (Fsp3) is 0.333. The summed E-state index contributed by atoms with van der Waals surface area (Å²) < 4.78 is 12.9. The summed E-state index contributed by atoms with van der Waals surface area (Å²) in [5, 5.41) is 3.46. The number of anilines is 1. The Morgan fingerprint density at radius 2 is 1.90 bits per heavy atom. The van der Waals surface area contributed by atoms with E-state index in [1.165, 1.54) is 23.4 Å². The minimum absolute atomic E-state index is 0.173. The SMILES string of the molecule is CN(Cc1ccc(F)cc1)CC1CCNc2ccccc21. The molecule has 0 bridgehead atoms. The standard InChI is InChI=1S/C18H21FN2/c1-21(12-14-6-8-16(19)9-7-14)13-15-10-11-20-18-5-3-2-4-17(15)18/h2-9,15,20H,10-13H2,1H3. The average Bonchev–Trinajstić information content (AvgIpc) is 2.50. The average molecular weight is 284 g/mol. The van der Waals surface area contributed by atoms with Crippen molar-refractivity contribution in [3.63, 3.8) is 0 Å². The smallest absolute Gasteiger partial charge is 0.123 e. The van der Waals surface area contributed by atoms with Crippen molar-refractivity contribution >= 4 is 5.69 Å². The largest absolute Gasteiger partial charge is 0.385 e. The third-order valence-electron chi connectivity index (χ3n) is 4.11.